The Hall–Kier alpha value is -1.42. The molecule has 0 N–H and O–H groups in total. The van der Waals surface area contributed by atoms with Crippen LogP contribution in [0, 0.1) is 5.82 Å². The SMILES string of the molecule is CC(=O)c1nc2ccc(F)cn2c1Cl. The van der Waals surface area contributed by atoms with Gasteiger partial charge in [0.25, 0.3) is 0 Å². The number of nitrogens with zero attached hydrogens (tertiary/aromatic N) is 2. The summed E-state index contributed by atoms with van der Waals surface area (Å²) in [7, 11) is 0. The molecule has 14 heavy (non-hydrogen) atoms. The molecule has 0 aliphatic rings. The van der Waals surface area contributed by atoms with Gasteiger partial charge in [-0.25, -0.2) is 9.37 Å². The van der Waals surface area contributed by atoms with Gasteiger partial charge < -0.3 is 0 Å². The zero-order valence-electron chi connectivity index (χ0n) is 7.29. The lowest BCUT2D eigenvalue weighted by Crippen LogP contribution is -1.92. The first-order chi connectivity index (χ1) is 6.59. The summed E-state index contributed by atoms with van der Waals surface area (Å²) < 4.78 is 14.2. The molecule has 2 aromatic rings. The normalized spacial score (nSPS) is 10.8. The molecule has 72 valence electrons. The lowest BCUT2D eigenvalue weighted by Gasteiger charge is -1.93. The maximum atomic E-state index is 12.8. The zero-order valence-corrected chi connectivity index (χ0v) is 8.05. The Morgan fingerprint density at radius 1 is 1.57 bits per heavy atom. The second-order valence-corrected chi connectivity index (χ2v) is 3.24. The van der Waals surface area contributed by atoms with Gasteiger partial charge in [-0.2, -0.15) is 0 Å². The van der Waals surface area contributed by atoms with Crippen molar-refractivity contribution in [3.05, 3.63) is 35.0 Å². The van der Waals surface area contributed by atoms with Crippen molar-refractivity contribution in [3.8, 4) is 0 Å². The Morgan fingerprint density at radius 2 is 2.29 bits per heavy atom. The number of hydrogen-bond acceptors (Lipinski definition) is 2. The van der Waals surface area contributed by atoms with Crippen molar-refractivity contribution in [2.24, 2.45) is 0 Å². The van der Waals surface area contributed by atoms with Crippen molar-refractivity contribution < 1.29 is 9.18 Å². The molecule has 0 atom stereocenters. The van der Waals surface area contributed by atoms with Gasteiger partial charge in [0, 0.05) is 13.1 Å². The first kappa shape index (κ1) is 9.15. The molecular formula is C9H6ClFN2O. The lowest BCUT2D eigenvalue weighted by molar-refractivity contribution is 0.101. The van der Waals surface area contributed by atoms with Crippen LogP contribution in [-0.4, -0.2) is 15.2 Å². The third kappa shape index (κ3) is 1.28. The highest BCUT2D eigenvalue weighted by Crippen LogP contribution is 2.18. The van der Waals surface area contributed by atoms with Crippen LogP contribution in [0.5, 0.6) is 0 Å². The monoisotopic (exact) mass is 212 g/mol. The molecule has 2 aromatic heterocycles. The summed E-state index contributed by atoms with van der Waals surface area (Å²) in [5.41, 5.74) is 0.624. The molecule has 0 bridgehead atoms. The Balaban J connectivity index is 2.80. The van der Waals surface area contributed by atoms with E-state index in [-0.39, 0.29) is 16.6 Å². The average molecular weight is 213 g/mol. The summed E-state index contributed by atoms with van der Waals surface area (Å²) in [5.74, 6) is -0.661. The lowest BCUT2D eigenvalue weighted by atomic mass is 10.3. The molecule has 0 aromatic carbocycles. The number of rotatable bonds is 1. The number of halogens is 2. The minimum absolute atomic E-state index is 0.145. The molecule has 0 saturated heterocycles. The highest BCUT2D eigenvalue weighted by atomic mass is 35.5. The Bertz CT molecular complexity index is 521. The average Bonchev–Trinajstić information content (AvgIpc) is 2.44. The van der Waals surface area contributed by atoms with Crippen molar-refractivity contribution in [1.29, 1.82) is 0 Å². The van der Waals surface area contributed by atoms with E-state index >= 15 is 0 Å². The molecule has 0 radical (unpaired) electrons. The van der Waals surface area contributed by atoms with Crippen LogP contribution in [0.3, 0.4) is 0 Å². The Labute approximate surface area is 84.1 Å². The van der Waals surface area contributed by atoms with Crippen LogP contribution in [-0.2, 0) is 0 Å². The number of imidazole rings is 1. The van der Waals surface area contributed by atoms with E-state index in [2.05, 4.69) is 4.98 Å². The Kier molecular flexibility index (Phi) is 2.00. The zero-order chi connectivity index (χ0) is 10.3. The number of carbonyl (C=O) groups is 1. The minimum atomic E-state index is -0.424. The molecule has 2 rings (SSSR count). The number of Topliss-reactive ketones (excluding diaryl/α,β-unsaturated/α-hetero) is 1. The van der Waals surface area contributed by atoms with Crippen LogP contribution in [0.2, 0.25) is 5.15 Å². The predicted molar refractivity (Wildman–Crippen MR) is 50.2 cm³/mol. The van der Waals surface area contributed by atoms with E-state index in [9.17, 15) is 9.18 Å². The summed E-state index contributed by atoms with van der Waals surface area (Å²) in [6, 6.07) is 2.73. The number of ketones is 1. The summed E-state index contributed by atoms with van der Waals surface area (Å²) in [6.07, 6.45) is 1.19. The number of hydrogen-bond donors (Lipinski definition) is 0. The van der Waals surface area contributed by atoms with Gasteiger partial charge in [0.2, 0.25) is 0 Å². The second kappa shape index (κ2) is 3.06. The largest absolute Gasteiger partial charge is 0.293 e. The maximum Gasteiger partial charge on any atom is 0.181 e. The van der Waals surface area contributed by atoms with Crippen molar-refractivity contribution in [3.63, 3.8) is 0 Å². The van der Waals surface area contributed by atoms with Crippen molar-refractivity contribution >= 4 is 23.0 Å². The van der Waals surface area contributed by atoms with E-state index in [0.717, 1.165) is 0 Å². The summed E-state index contributed by atoms with van der Waals surface area (Å²) in [5, 5.41) is 0.145. The quantitative estimate of drug-likeness (QED) is 0.680. The molecule has 0 aliphatic heterocycles. The van der Waals surface area contributed by atoms with Crippen LogP contribution >= 0.6 is 11.6 Å². The van der Waals surface area contributed by atoms with E-state index in [1.54, 1.807) is 0 Å². The van der Waals surface area contributed by atoms with Gasteiger partial charge in [-0.05, 0) is 12.1 Å². The third-order valence-electron chi connectivity index (χ3n) is 1.86. The molecule has 2 heterocycles. The molecule has 3 nitrogen and oxygen atoms in total. The highest BCUT2D eigenvalue weighted by molar-refractivity contribution is 6.32. The van der Waals surface area contributed by atoms with Gasteiger partial charge in [0.15, 0.2) is 5.78 Å². The van der Waals surface area contributed by atoms with E-state index < -0.39 is 5.82 Å². The standard InChI is InChI=1S/C9H6ClFN2O/c1-5(14)8-9(10)13-4-6(11)2-3-7(13)12-8/h2-4H,1H3. The third-order valence-corrected chi connectivity index (χ3v) is 2.22. The first-order valence-corrected chi connectivity index (χ1v) is 4.31. The molecule has 0 spiro atoms. The smallest absolute Gasteiger partial charge is 0.181 e. The summed E-state index contributed by atoms with van der Waals surface area (Å²) in [6.45, 7) is 1.37. The summed E-state index contributed by atoms with van der Waals surface area (Å²) in [4.78, 5) is 15.0. The second-order valence-electron chi connectivity index (χ2n) is 2.88. The van der Waals surface area contributed by atoms with Crippen molar-refractivity contribution in [1.82, 2.24) is 9.38 Å². The van der Waals surface area contributed by atoms with Gasteiger partial charge in [-0.3, -0.25) is 9.20 Å². The highest BCUT2D eigenvalue weighted by Gasteiger charge is 2.13. The van der Waals surface area contributed by atoms with Gasteiger partial charge >= 0.3 is 0 Å². The number of aromatic nitrogens is 2. The van der Waals surface area contributed by atoms with Gasteiger partial charge in [0.05, 0.1) is 0 Å². The number of fused-ring (bicyclic) bond motifs is 1. The summed E-state index contributed by atoms with van der Waals surface area (Å²) >= 11 is 5.84. The van der Waals surface area contributed by atoms with Gasteiger partial charge in [-0.1, -0.05) is 11.6 Å². The van der Waals surface area contributed by atoms with Crippen molar-refractivity contribution in [2.45, 2.75) is 6.92 Å². The van der Waals surface area contributed by atoms with Crippen LogP contribution in [0.15, 0.2) is 18.3 Å². The van der Waals surface area contributed by atoms with E-state index in [1.807, 2.05) is 0 Å². The van der Waals surface area contributed by atoms with Crippen molar-refractivity contribution in [2.75, 3.05) is 0 Å². The van der Waals surface area contributed by atoms with Crippen LogP contribution < -0.4 is 0 Å². The molecule has 0 saturated carbocycles. The topological polar surface area (TPSA) is 34.4 Å². The number of carbonyl (C=O) groups excluding carboxylic acids is 1. The molecule has 0 unspecified atom stereocenters. The molecule has 0 aliphatic carbocycles. The number of pyridine rings is 1. The fourth-order valence-corrected chi connectivity index (χ4v) is 1.52. The maximum absolute atomic E-state index is 12.8. The molecule has 0 amide bonds. The molecular weight excluding hydrogens is 207 g/mol. The van der Waals surface area contributed by atoms with Gasteiger partial charge in [0.1, 0.15) is 22.3 Å². The van der Waals surface area contributed by atoms with E-state index in [0.29, 0.717) is 5.65 Å². The fraction of sp³-hybridized carbons (Fsp3) is 0.111. The fourth-order valence-electron chi connectivity index (χ4n) is 1.21. The minimum Gasteiger partial charge on any atom is -0.293 e. The molecule has 5 heteroatoms. The predicted octanol–water partition coefficient (Wildman–Crippen LogP) is 2.33. The molecule has 0 fully saturated rings. The Morgan fingerprint density at radius 3 is 2.93 bits per heavy atom. The van der Waals surface area contributed by atoms with E-state index in [1.165, 1.54) is 29.7 Å². The van der Waals surface area contributed by atoms with Crippen LogP contribution in [0.1, 0.15) is 17.4 Å². The van der Waals surface area contributed by atoms with Gasteiger partial charge in [-0.15, -0.1) is 0 Å². The van der Waals surface area contributed by atoms with Crippen LogP contribution in [0.4, 0.5) is 4.39 Å². The van der Waals surface area contributed by atoms with Crippen LogP contribution in [0.25, 0.3) is 5.65 Å². The first-order valence-electron chi connectivity index (χ1n) is 3.93. The van der Waals surface area contributed by atoms with E-state index in [4.69, 9.17) is 11.6 Å².